The van der Waals surface area contributed by atoms with Gasteiger partial charge >= 0.3 is 6.18 Å². The normalized spacial score (nSPS) is 20.6. The second-order valence-electron chi connectivity index (χ2n) is 6.64. The van der Waals surface area contributed by atoms with Gasteiger partial charge in [-0.1, -0.05) is 18.2 Å². The highest BCUT2D eigenvalue weighted by molar-refractivity contribution is 7.91. The summed E-state index contributed by atoms with van der Waals surface area (Å²) >= 11 is 0. The number of carbonyl (C=O) groups excluding carboxylic acids is 1. The molecule has 6 nitrogen and oxygen atoms in total. The Morgan fingerprint density at radius 2 is 1.90 bits per heavy atom. The number of epoxide rings is 1. The van der Waals surface area contributed by atoms with E-state index in [1.54, 1.807) is 25.1 Å². The van der Waals surface area contributed by atoms with Crippen molar-refractivity contribution in [2.75, 3.05) is 0 Å². The lowest BCUT2D eigenvalue weighted by molar-refractivity contribution is -0.137. The molecule has 1 fully saturated rings. The maximum atomic E-state index is 13.2. The second kappa shape index (κ2) is 7.77. The zero-order valence-electron chi connectivity index (χ0n) is 15.6. The molecule has 29 heavy (non-hydrogen) atoms. The fourth-order valence-corrected chi connectivity index (χ4v) is 3.72. The van der Waals surface area contributed by atoms with E-state index in [0.29, 0.717) is 0 Å². The van der Waals surface area contributed by atoms with Crippen LogP contribution in [0.3, 0.4) is 0 Å². The maximum absolute atomic E-state index is 13.2. The molecular weight excluding hydrogens is 409 g/mol. The van der Waals surface area contributed by atoms with Gasteiger partial charge in [-0.3, -0.25) is 4.79 Å². The van der Waals surface area contributed by atoms with Crippen LogP contribution < -0.4 is 9.88 Å². The number of ether oxygens (including phenoxy) is 2. The number of rotatable bonds is 5. The largest absolute Gasteiger partial charge is 0.462 e. The first-order valence-electron chi connectivity index (χ1n) is 8.63. The van der Waals surface area contributed by atoms with Crippen molar-refractivity contribution in [3.8, 4) is 5.75 Å². The van der Waals surface area contributed by atoms with Crippen LogP contribution >= 0.6 is 0 Å². The Morgan fingerprint density at radius 3 is 2.45 bits per heavy atom. The molecule has 1 saturated heterocycles. The Kier molecular flexibility index (Phi) is 5.70. The molecule has 2 aromatic rings. The van der Waals surface area contributed by atoms with E-state index in [0.717, 1.165) is 12.1 Å². The number of hydrogen-bond acceptors (Lipinski definition) is 4. The van der Waals surface area contributed by atoms with Crippen LogP contribution in [0.15, 0.2) is 51.7 Å². The Bertz CT molecular complexity index is 1050. The summed E-state index contributed by atoms with van der Waals surface area (Å²) < 4.78 is 66.2. The van der Waals surface area contributed by atoms with Gasteiger partial charge in [0.1, 0.15) is 21.8 Å². The van der Waals surface area contributed by atoms with Crippen LogP contribution in [0.4, 0.5) is 13.2 Å². The van der Waals surface area contributed by atoms with Crippen LogP contribution in [0.25, 0.3) is 0 Å². The zero-order valence-corrected chi connectivity index (χ0v) is 16.4. The van der Waals surface area contributed by atoms with E-state index >= 15 is 0 Å². The second-order valence-corrected chi connectivity index (χ2v) is 8.43. The van der Waals surface area contributed by atoms with Crippen LogP contribution in [0.1, 0.15) is 23.6 Å². The third-order valence-electron chi connectivity index (χ3n) is 4.30. The van der Waals surface area contributed by atoms with Gasteiger partial charge in [-0.25, -0.2) is 9.35 Å². The van der Waals surface area contributed by atoms with Crippen LogP contribution in [0.5, 0.6) is 5.75 Å². The molecule has 1 aliphatic rings. The highest BCUT2D eigenvalue weighted by Gasteiger charge is 2.39. The lowest BCUT2D eigenvalue weighted by Crippen LogP contribution is -2.17. The molecule has 0 spiro atoms. The average molecular weight is 428 g/mol. The van der Waals surface area contributed by atoms with Crippen molar-refractivity contribution in [1.29, 1.82) is 0 Å². The molecule has 3 atom stereocenters. The Morgan fingerprint density at radius 1 is 1.28 bits per heavy atom. The lowest BCUT2D eigenvalue weighted by Gasteiger charge is -2.16. The molecule has 156 valence electrons. The Labute approximate surface area is 166 Å². The van der Waals surface area contributed by atoms with E-state index in [1.165, 1.54) is 19.1 Å². The van der Waals surface area contributed by atoms with E-state index in [2.05, 4.69) is 4.36 Å². The number of carbonyl (C=O) groups is 1. The number of benzene rings is 2. The van der Waals surface area contributed by atoms with E-state index in [-0.39, 0.29) is 27.9 Å². The van der Waals surface area contributed by atoms with Crippen LogP contribution in [-0.2, 0) is 32.0 Å². The number of amides is 1. The minimum Gasteiger partial charge on any atom is -0.462 e. The number of halogens is 3. The predicted molar refractivity (Wildman–Crippen MR) is 99.3 cm³/mol. The molecule has 3 unspecified atom stereocenters. The smallest absolute Gasteiger partial charge is 0.416 e. The van der Waals surface area contributed by atoms with E-state index in [1.807, 2.05) is 0 Å². The molecule has 0 saturated carbocycles. The first-order valence-corrected chi connectivity index (χ1v) is 10.2. The van der Waals surface area contributed by atoms with Gasteiger partial charge in [-0.15, -0.1) is 4.36 Å². The summed E-state index contributed by atoms with van der Waals surface area (Å²) in [4.78, 5) is 12.6. The topological polar surface area (TPSA) is 94.3 Å². The lowest BCUT2D eigenvalue weighted by atomic mass is 10.0. The SMILES string of the molecule is Cc1cc(C(F)(F)F)cc(OC2OC2C)c1CC(=O)N=S(N)(=O)c1ccccc1. The fourth-order valence-electron chi connectivity index (χ4n) is 2.70. The molecule has 2 N–H and O–H groups in total. The third kappa shape index (κ3) is 5.14. The van der Waals surface area contributed by atoms with Crippen molar-refractivity contribution >= 4 is 15.8 Å². The number of aryl methyl sites for hydroxylation is 1. The molecule has 0 aliphatic carbocycles. The summed E-state index contributed by atoms with van der Waals surface area (Å²) in [5.74, 6) is -0.961. The Balaban J connectivity index is 1.94. The molecule has 1 aliphatic heterocycles. The highest BCUT2D eigenvalue weighted by Crippen LogP contribution is 2.37. The van der Waals surface area contributed by atoms with Gasteiger partial charge in [-0.2, -0.15) is 13.2 Å². The molecular formula is C19H19F3N2O4S. The van der Waals surface area contributed by atoms with Gasteiger partial charge in [0.05, 0.1) is 16.9 Å². The molecule has 0 aromatic heterocycles. The first kappa shape index (κ1) is 21.3. The van der Waals surface area contributed by atoms with Crippen molar-refractivity contribution in [3.63, 3.8) is 0 Å². The predicted octanol–water partition coefficient (Wildman–Crippen LogP) is 3.61. The quantitative estimate of drug-likeness (QED) is 0.736. The molecule has 1 heterocycles. The van der Waals surface area contributed by atoms with Crippen molar-refractivity contribution in [2.24, 2.45) is 9.50 Å². The standard InChI is InChI=1S/C19H19F3N2O4S/c1-11-8-13(19(20,21)22)9-16(28-18-12(2)27-18)15(11)10-17(25)24-29(23,26)14-6-4-3-5-7-14/h3-9,12,18H,10H2,1-2H3,(H2,23,24,25,26). The van der Waals surface area contributed by atoms with Crippen LogP contribution in [0, 0.1) is 6.92 Å². The van der Waals surface area contributed by atoms with E-state index in [4.69, 9.17) is 14.6 Å². The molecule has 1 amide bonds. The molecule has 3 rings (SSSR count). The molecule has 2 aromatic carbocycles. The summed E-state index contributed by atoms with van der Waals surface area (Å²) in [6.45, 7) is 3.13. The van der Waals surface area contributed by atoms with Gasteiger partial charge in [0, 0.05) is 5.56 Å². The zero-order chi connectivity index (χ0) is 21.4. The maximum Gasteiger partial charge on any atom is 0.416 e. The van der Waals surface area contributed by atoms with Gasteiger partial charge in [-0.05, 0) is 43.7 Å². The summed E-state index contributed by atoms with van der Waals surface area (Å²) in [5.41, 5.74) is -0.508. The molecule has 10 heteroatoms. The fraction of sp³-hybridized carbons (Fsp3) is 0.316. The van der Waals surface area contributed by atoms with Crippen LogP contribution in [-0.4, -0.2) is 22.5 Å². The first-order chi connectivity index (χ1) is 13.5. The monoisotopic (exact) mass is 428 g/mol. The number of hydrogen-bond donors (Lipinski definition) is 1. The third-order valence-corrected chi connectivity index (χ3v) is 5.73. The van der Waals surface area contributed by atoms with Crippen molar-refractivity contribution < 1.29 is 31.6 Å². The molecule has 0 radical (unpaired) electrons. The summed E-state index contributed by atoms with van der Waals surface area (Å²) in [6, 6.07) is 9.59. The minimum absolute atomic E-state index is 0.126. The van der Waals surface area contributed by atoms with Crippen molar-refractivity contribution in [1.82, 2.24) is 0 Å². The van der Waals surface area contributed by atoms with Crippen molar-refractivity contribution in [2.45, 2.75) is 43.7 Å². The van der Waals surface area contributed by atoms with E-state index < -0.39 is 40.3 Å². The van der Waals surface area contributed by atoms with Crippen LogP contribution in [0.2, 0.25) is 0 Å². The molecule has 0 bridgehead atoms. The average Bonchev–Trinajstić information content (AvgIpc) is 3.32. The summed E-state index contributed by atoms with van der Waals surface area (Å²) in [6.07, 6.45) is -5.95. The van der Waals surface area contributed by atoms with Gasteiger partial charge < -0.3 is 9.47 Å². The van der Waals surface area contributed by atoms with Crippen molar-refractivity contribution in [3.05, 3.63) is 59.2 Å². The van der Waals surface area contributed by atoms with Gasteiger partial charge in [0.25, 0.3) is 5.91 Å². The Hall–Kier alpha value is -2.43. The summed E-state index contributed by atoms with van der Waals surface area (Å²) in [7, 11) is -3.48. The number of alkyl halides is 3. The minimum atomic E-state index is -4.58. The summed E-state index contributed by atoms with van der Waals surface area (Å²) in [5, 5.41) is 5.70. The van der Waals surface area contributed by atoms with Gasteiger partial charge in [0.2, 0.25) is 6.29 Å². The number of nitrogens with zero attached hydrogens (tertiary/aromatic N) is 1. The van der Waals surface area contributed by atoms with E-state index in [9.17, 15) is 22.2 Å². The number of nitrogens with two attached hydrogens (primary N) is 1. The van der Waals surface area contributed by atoms with Gasteiger partial charge in [0.15, 0.2) is 0 Å². The highest BCUT2D eigenvalue weighted by atomic mass is 32.2.